The van der Waals surface area contributed by atoms with Crippen LogP contribution in [0.2, 0.25) is 0 Å². The number of amides is 1. The zero-order valence-corrected chi connectivity index (χ0v) is 18.6. The summed E-state index contributed by atoms with van der Waals surface area (Å²) in [6.07, 6.45) is 2.97. The number of piperidine rings is 1. The highest BCUT2D eigenvalue weighted by Crippen LogP contribution is 2.26. The van der Waals surface area contributed by atoms with Gasteiger partial charge in [0.2, 0.25) is 5.91 Å². The van der Waals surface area contributed by atoms with Crippen LogP contribution in [-0.4, -0.2) is 50.2 Å². The minimum atomic E-state index is 0. The number of ether oxygens (including phenoxy) is 1. The van der Waals surface area contributed by atoms with E-state index in [1.165, 1.54) is 18.4 Å². The van der Waals surface area contributed by atoms with E-state index in [0.717, 1.165) is 45.1 Å². The van der Waals surface area contributed by atoms with Crippen LogP contribution in [-0.2, 0) is 9.53 Å². The minimum Gasteiger partial charge on any atom is -0.379 e. The van der Waals surface area contributed by atoms with E-state index >= 15 is 0 Å². The van der Waals surface area contributed by atoms with Crippen molar-refractivity contribution in [1.82, 2.24) is 10.2 Å². The first kappa shape index (κ1) is 25.2. The molecule has 3 rings (SSSR count). The van der Waals surface area contributed by atoms with Gasteiger partial charge in [0.05, 0.1) is 13.2 Å². The molecule has 2 fully saturated rings. The molecule has 1 aromatic carbocycles. The van der Waals surface area contributed by atoms with Gasteiger partial charge in [-0.25, -0.2) is 0 Å². The highest BCUT2D eigenvalue weighted by Gasteiger charge is 2.22. The van der Waals surface area contributed by atoms with Crippen LogP contribution in [0.15, 0.2) is 24.3 Å². The number of rotatable bonds is 6. The molecule has 2 unspecified atom stereocenters. The molecule has 0 spiro atoms. The molecule has 2 aliphatic heterocycles. The Morgan fingerprint density at radius 2 is 1.75 bits per heavy atom. The average molecular weight is 432 g/mol. The van der Waals surface area contributed by atoms with Gasteiger partial charge in [0.25, 0.3) is 0 Å². The number of anilines is 1. The summed E-state index contributed by atoms with van der Waals surface area (Å²) in [4.78, 5) is 14.8. The smallest absolute Gasteiger partial charge is 0.224 e. The van der Waals surface area contributed by atoms with Gasteiger partial charge in [-0.3, -0.25) is 9.69 Å². The number of morpholine rings is 1. The largest absolute Gasteiger partial charge is 0.379 e. The number of hydrogen-bond acceptors (Lipinski definition) is 4. The Morgan fingerprint density at radius 1 is 1.14 bits per heavy atom. The second-order valence-electron chi connectivity index (χ2n) is 7.76. The molecule has 5 nitrogen and oxygen atoms in total. The Balaban J connectivity index is 0.00000196. The fourth-order valence-electron chi connectivity index (χ4n) is 4.10. The van der Waals surface area contributed by atoms with Gasteiger partial charge in [0.15, 0.2) is 0 Å². The molecular weight excluding hydrogens is 397 g/mol. The first-order chi connectivity index (χ1) is 12.6. The number of nitrogens with zero attached hydrogens (tertiary/aromatic N) is 1. The first-order valence-electron chi connectivity index (χ1n) is 10.1. The third-order valence-electron chi connectivity index (χ3n) is 5.97. The third-order valence-corrected chi connectivity index (χ3v) is 5.97. The Hall–Kier alpha value is -0.850. The van der Waals surface area contributed by atoms with Crippen molar-refractivity contribution < 1.29 is 9.53 Å². The maximum atomic E-state index is 12.4. The topological polar surface area (TPSA) is 53.6 Å². The van der Waals surface area contributed by atoms with Crippen molar-refractivity contribution in [3.8, 4) is 0 Å². The third kappa shape index (κ3) is 7.20. The lowest BCUT2D eigenvalue weighted by molar-refractivity contribution is -0.117. The van der Waals surface area contributed by atoms with Gasteiger partial charge in [0, 0.05) is 31.2 Å². The fourth-order valence-corrected chi connectivity index (χ4v) is 4.10. The maximum absolute atomic E-state index is 12.4. The van der Waals surface area contributed by atoms with E-state index in [1.807, 2.05) is 12.1 Å². The lowest BCUT2D eigenvalue weighted by atomic mass is 9.84. The lowest BCUT2D eigenvalue weighted by Crippen LogP contribution is -2.38. The number of carbonyl (C=O) groups is 1. The van der Waals surface area contributed by atoms with Crippen LogP contribution in [0.3, 0.4) is 0 Å². The summed E-state index contributed by atoms with van der Waals surface area (Å²) in [5.74, 6) is 1.24. The molecule has 0 saturated carbocycles. The zero-order chi connectivity index (χ0) is 18.4. The van der Waals surface area contributed by atoms with E-state index in [2.05, 4.69) is 41.5 Å². The van der Waals surface area contributed by atoms with Gasteiger partial charge < -0.3 is 15.4 Å². The second kappa shape index (κ2) is 12.7. The molecule has 7 heteroatoms. The SMILES string of the molecule is CC(CC(=O)Nc1ccc(C(C)N2CCOCC2)cc1)C1CCNCC1.Cl.Cl. The van der Waals surface area contributed by atoms with Crippen molar-refractivity contribution in [2.75, 3.05) is 44.7 Å². The summed E-state index contributed by atoms with van der Waals surface area (Å²) in [5, 5.41) is 6.46. The highest BCUT2D eigenvalue weighted by atomic mass is 35.5. The van der Waals surface area contributed by atoms with E-state index in [1.54, 1.807) is 0 Å². The van der Waals surface area contributed by atoms with Crippen LogP contribution < -0.4 is 10.6 Å². The van der Waals surface area contributed by atoms with Gasteiger partial charge in [-0.2, -0.15) is 0 Å². The molecule has 0 aromatic heterocycles. The quantitative estimate of drug-likeness (QED) is 0.716. The molecule has 2 aliphatic rings. The van der Waals surface area contributed by atoms with Crippen molar-refractivity contribution in [3.63, 3.8) is 0 Å². The van der Waals surface area contributed by atoms with E-state index < -0.39 is 0 Å². The van der Waals surface area contributed by atoms with Gasteiger partial charge in [-0.15, -0.1) is 24.8 Å². The number of benzene rings is 1. The summed E-state index contributed by atoms with van der Waals surface area (Å²) in [7, 11) is 0. The molecule has 2 N–H and O–H groups in total. The number of halogens is 2. The zero-order valence-electron chi connectivity index (χ0n) is 17.0. The summed E-state index contributed by atoms with van der Waals surface area (Å²) in [6.45, 7) is 10.2. The van der Waals surface area contributed by atoms with E-state index in [9.17, 15) is 4.79 Å². The van der Waals surface area contributed by atoms with E-state index in [4.69, 9.17) is 4.74 Å². The number of hydrogen-bond donors (Lipinski definition) is 2. The van der Waals surface area contributed by atoms with E-state index in [0.29, 0.717) is 24.3 Å². The molecule has 0 aliphatic carbocycles. The summed E-state index contributed by atoms with van der Waals surface area (Å²) in [5.41, 5.74) is 2.18. The summed E-state index contributed by atoms with van der Waals surface area (Å²) in [6, 6.07) is 8.69. The number of nitrogens with one attached hydrogen (secondary N) is 2. The predicted molar refractivity (Wildman–Crippen MR) is 120 cm³/mol. The maximum Gasteiger partial charge on any atom is 0.224 e. The molecule has 2 saturated heterocycles. The summed E-state index contributed by atoms with van der Waals surface area (Å²) < 4.78 is 5.43. The van der Waals surface area contributed by atoms with Crippen molar-refractivity contribution in [1.29, 1.82) is 0 Å². The van der Waals surface area contributed by atoms with Crippen LogP contribution in [0.25, 0.3) is 0 Å². The molecule has 28 heavy (non-hydrogen) atoms. The van der Waals surface area contributed by atoms with Gasteiger partial charge >= 0.3 is 0 Å². The second-order valence-corrected chi connectivity index (χ2v) is 7.76. The normalized spacial score (nSPS) is 20.4. The Morgan fingerprint density at radius 3 is 2.36 bits per heavy atom. The van der Waals surface area contributed by atoms with Crippen LogP contribution in [0.4, 0.5) is 5.69 Å². The van der Waals surface area contributed by atoms with Gasteiger partial charge in [-0.05, 0) is 62.4 Å². The molecular formula is C21H35Cl2N3O2. The Kier molecular flexibility index (Phi) is 11.4. The average Bonchev–Trinajstić information content (AvgIpc) is 2.69. The lowest BCUT2D eigenvalue weighted by Gasteiger charge is -2.32. The molecule has 1 aromatic rings. The van der Waals surface area contributed by atoms with Gasteiger partial charge in [-0.1, -0.05) is 19.1 Å². The predicted octanol–water partition coefficient (Wildman–Crippen LogP) is 3.89. The Labute approximate surface area is 181 Å². The van der Waals surface area contributed by atoms with Crippen molar-refractivity contribution >= 4 is 36.4 Å². The Bertz CT molecular complexity index is 574. The van der Waals surface area contributed by atoms with Crippen LogP contribution >= 0.6 is 24.8 Å². The van der Waals surface area contributed by atoms with E-state index in [-0.39, 0.29) is 30.7 Å². The van der Waals surface area contributed by atoms with Crippen molar-refractivity contribution in [3.05, 3.63) is 29.8 Å². The highest BCUT2D eigenvalue weighted by molar-refractivity contribution is 5.90. The summed E-state index contributed by atoms with van der Waals surface area (Å²) >= 11 is 0. The van der Waals surface area contributed by atoms with Crippen molar-refractivity contribution in [2.45, 2.75) is 39.2 Å². The number of carbonyl (C=O) groups excluding carboxylic acids is 1. The van der Waals surface area contributed by atoms with Crippen molar-refractivity contribution in [2.24, 2.45) is 11.8 Å². The fraction of sp³-hybridized carbons (Fsp3) is 0.667. The molecule has 160 valence electrons. The molecule has 2 atom stereocenters. The van der Waals surface area contributed by atoms with Crippen LogP contribution in [0.1, 0.15) is 44.7 Å². The van der Waals surface area contributed by atoms with Crippen LogP contribution in [0, 0.1) is 11.8 Å². The monoisotopic (exact) mass is 431 g/mol. The molecule has 0 bridgehead atoms. The molecule has 2 heterocycles. The van der Waals surface area contributed by atoms with Gasteiger partial charge in [0.1, 0.15) is 0 Å². The standard InChI is InChI=1S/C21H33N3O2.2ClH/c1-16(18-7-9-22-10-8-18)15-21(25)23-20-5-3-19(4-6-20)17(2)24-11-13-26-14-12-24;;/h3-6,16-18,22H,7-15H2,1-2H3,(H,23,25);2*1H. The van der Waals surface area contributed by atoms with Crippen LogP contribution in [0.5, 0.6) is 0 Å². The minimum absolute atomic E-state index is 0. The molecule has 0 radical (unpaired) electrons. The first-order valence-corrected chi connectivity index (χ1v) is 10.1. The molecule has 1 amide bonds.